The van der Waals surface area contributed by atoms with Crippen molar-refractivity contribution in [1.82, 2.24) is 0 Å². The largest absolute Gasteiger partial charge is 0.416 e. The summed E-state index contributed by atoms with van der Waals surface area (Å²) >= 11 is 5.68. The summed E-state index contributed by atoms with van der Waals surface area (Å²) in [6.45, 7) is 3.11. The predicted molar refractivity (Wildman–Crippen MR) is 64.2 cm³/mol. The van der Waals surface area contributed by atoms with E-state index >= 15 is 0 Å². The van der Waals surface area contributed by atoms with Gasteiger partial charge in [-0.3, -0.25) is 0 Å². The highest BCUT2D eigenvalue weighted by Crippen LogP contribution is 2.36. The summed E-state index contributed by atoms with van der Waals surface area (Å²) < 4.78 is 37.9. The molecule has 0 fully saturated rings. The molecule has 0 saturated carbocycles. The van der Waals surface area contributed by atoms with Crippen LogP contribution in [0.15, 0.2) is 18.2 Å². The number of rotatable bonds is 3. The third kappa shape index (κ3) is 3.37. The minimum Gasteiger partial charge on any atom is -0.396 e. The van der Waals surface area contributed by atoms with Crippen molar-refractivity contribution in [2.45, 2.75) is 26.1 Å². The summed E-state index contributed by atoms with van der Waals surface area (Å²) in [7, 11) is 0. The van der Waals surface area contributed by atoms with Crippen molar-refractivity contribution in [2.75, 3.05) is 6.61 Å². The number of benzene rings is 1. The minimum absolute atomic E-state index is 0.0241. The summed E-state index contributed by atoms with van der Waals surface area (Å²) in [5.74, 6) is 0. The van der Waals surface area contributed by atoms with Gasteiger partial charge in [0, 0.05) is 23.1 Å². The Kier molecular flexibility index (Phi) is 4.30. The van der Waals surface area contributed by atoms with Gasteiger partial charge in [-0.1, -0.05) is 25.4 Å². The summed E-state index contributed by atoms with van der Waals surface area (Å²) in [6, 6.07) is 2.47. The number of nitrogens with two attached hydrogens (primary N) is 1. The van der Waals surface area contributed by atoms with Crippen LogP contribution in [0.25, 0.3) is 0 Å². The lowest BCUT2D eigenvalue weighted by atomic mass is 9.81. The average Bonchev–Trinajstić information content (AvgIpc) is 2.26. The average molecular weight is 282 g/mol. The molecule has 102 valence electrons. The standard InChI is InChI=1S/C12H15ClF3NO/c1-11(2,6-18)10(17)7-3-8(12(14,15)16)5-9(13)4-7/h3-5,10,18H,6,17H2,1-2H3/t10-/m1/s1. The van der Waals surface area contributed by atoms with Crippen molar-refractivity contribution in [3.05, 3.63) is 34.3 Å². The van der Waals surface area contributed by atoms with Crippen LogP contribution < -0.4 is 5.73 Å². The van der Waals surface area contributed by atoms with Crippen LogP contribution in [0.5, 0.6) is 0 Å². The van der Waals surface area contributed by atoms with E-state index in [1.807, 2.05) is 0 Å². The molecule has 0 aliphatic rings. The maximum absolute atomic E-state index is 12.6. The Morgan fingerprint density at radius 1 is 1.28 bits per heavy atom. The van der Waals surface area contributed by atoms with Crippen molar-refractivity contribution >= 4 is 11.6 Å². The van der Waals surface area contributed by atoms with Crippen molar-refractivity contribution in [3.8, 4) is 0 Å². The zero-order valence-corrected chi connectivity index (χ0v) is 10.8. The molecule has 0 radical (unpaired) electrons. The molecule has 18 heavy (non-hydrogen) atoms. The van der Waals surface area contributed by atoms with Gasteiger partial charge >= 0.3 is 6.18 Å². The molecule has 0 bridgehead atoms. The molecule has 1 rings (SSSR count). The lowest BCUT2D eigenvalue weighted by Crippen LogP contribution is -2.32. The molecular formula is C12H15ClF3NO. The summed E-state index contributed by atoms with van der Waals surface area (Å²) in [5.41, 5.74) is 4.57. The molecule has 0 saturated heterocycles. The molecule has 3 N–H and O–H groups in total. The van der Waals surface area contributed by atoms with Gasteiger partial charge in [0.05, 0.1) is 5.56 Å². The second-order valence-corrected chi connectivity index (χ2v) is 5.33. The van der Waals surface area contributed by atoms with Gasteiger partial charge in [-0.15, -0.1) is 0 Å². The molecule has 2 nitrogen and oxygen atoms in total. The molecule has 0 heterocycles. The number of aliphatic hydroxyl groups excluding tert-OH is 1. The first-order valence-electron chi connectivity index (χ1n) is 5.32. The molecule has 0 aliphatic heterocycles. The molecular weight excluding hydrogens is 267 g/mol. The fraction of sp³-hybridized carbons (Fsp3) is 0.500. The summed E-state index contributed by atoms with van der Waals surface area (Å²) in [6.07, 6.45) is -4.47. The van der Waals surface area contributed by atoms with Crippen LogP contribution in [-0.4, -0.2) is 11.7 Å². The van der Waals surface area contributed by atoms with Gasteiger partial charge in [0.2, 0.25) is 0 Å². The number of hydrogen-bond donors (Lipinski definition) is 2. The topological polar surface area (TPSA) is 46.2 Å². The van der Waals surface area contributed by atoms with Crippen LogP contribution in [0.3, 0.4) is 0 Å². The Morgan fingerprint density at radius 2 is 1.83 bits per heavy atom. The smallest absolute Gasteiger partial charge is 0.396 e. The first-order chi connectivity index (χ1) is 8.08. The molecule has 0 spiro atoms. The second-order valence-electron chi connectivity index (χ2n) is 4.90. The van der Waals surface area contributed by atoms with E-state index in [-0.39, 0.29) is 17.2 Å². The highest BCUT2D eigenvalue weighted by Gasteiger charge is 2.33. The molecule has 0 aromatic heterocycles. The van der Waals surface area contributed by atoms with Crippen molar-refractivity contribution in [3.63, 3.8) is 0 Å². The summed E-state index contributed by atoms with van der Waals surface area (Å²) in [5, 5.41) is 9.16. The Bertz CT molecular complexity index is 432. The van der Waals surface area contributed by atoms with Gasteiger partial charge in [0.25, 0.3) is 0 Å². The Balaban J connectivity index is 3.23. The number of halogens is 4. The molecule has 1 aromatic carbocycles. The minimum atomic E-state index is -4.47. The molecule has 1 atom stereocenters. The fourth-order valence-electron chi connectivity index (χ4n) is 1.51. The zero-order chi connectivity index (χ0) is 14.1. The van der Waals surface area contributed by atoms with Crippen LogP contribution in [-0.2, 0) is 6.18 Å². The van der Waals surface area contributed by atoms with Gasteiger partial charge in [-0.25, -0.2) is 0 Å². The summed E-state index contributed by atoms with van der Waals surface area (Å²) in [4.78, 5) is 0. The van der Waals surface area contributed by atoms with Crippen LogP contribution in [0.1, 0.15) is 31.0 Å². The van der Waals surface area contributed by atoms with Crippen LogP contribution in [0.4, 0.5) is 13.2 Å². The monoisotopic (exact) mass is 281 g/mol. The molecule has 1 aromatic rings. The lowest BCUT2D eigenvalue weighted by molar-refractivity contribution is -0.137. The normalized spacial score (nSPS) is 14.7. The van der Waals surface area contributed by atoms with Crippen molar-refractivity contribution < 1.29 is 18.3 Å². The quantitative estimate of drug-likeness (QED) is 0.892. The van der Waals surface area contributed by atoms with Crippen molar-refractivity contribution in [2.24, 2.45) is 11.1 Å². The van der Waals surface area contributed by atoms with E-state index in [0.29, 0.717) is 0 Å². The second kappa shape index (κ2) is 5.07. The number of hydrogen-bond acceptors (Lipinski definition) is 2. The van der Waals surface area contributed by atoms with Crippen molar-refractivity contribution in [1.29, 1.82) is 0 Å². The Morgan fingerprint density at radius 3 is 2.28 bits per heavy atom. The Labute approximate surface area is 109 Å². The maximum atomic E-state index is 12.6. The fourth-order valence-corrected chi connectivity index (χ4v) is 1.75. The van der Waals surface area contributed by atoms with Gasteiger partial charge in [-0.2, -0.15) is 13.2 Å². The van der Waals surface area contributed by atoms with E-state index in [9.17, 15) is 18.3 Å². The van der Waals surface area contributed by atoms with Crippen LogP contribution in [0.2, 0.25) is 5.02 Å². The van der Waals surface area contributed by atoms with E-state index in [4.69, 9.17) is 17.3 Å². The van der Waals surface area contributed by atoms with Gasteiger partial charge in [-0.05, 0) is 23.8 Å². The molecule has 0 amide bonds. The van der Waals surface area contributed by atoms with E-state index in [0.717, 1.165) is 12.1 Å². The van der Waals surface area contributed by atoms with Crippen LogP contribution >= 0.6 is 11.6 Å². The maximum Gasteiger partial charge on any atom is 0.416 e. The number of alkyl halides is 3. The van der Waals surface area contributed by atoms with Gasteiger partial charge < -0.3 is 10.8 Å². The first-order valence-corrected chi connectivity index (χ1v) is 5.70. The third-order valence-corrected chi connectivity index (χ3v) is 3.07. The SMILES string of the molecule is CC(C)(CO)[C@H](N)c1cc(Cl)cc(C(F)(F)F)c1. The molecule has 0 unspecified atom stereocenters. The highest BCUT2D eigenvalue weighted by molar-refractivity contribution is 6.30. The van der Waals surface area contributed by atoms with Crippen LogP contribution in [0, 0.1) is 5.41 Å². The van der Waals surface area contributed by atoms with E-state index < -0.39 is 23.2 Å². The Hall–Kier alpha value is -0.780. The zero-order valence-electron chi connectivity index (χ0n) is 10.1. The van der Waals surface area contributed by atoms with E-state index in [1.54, 1.807) is 13.8 Å². The third-order valence-electron chi connectivity index (χ3n) is 2.86. The van der Waals surface area contributed by atoms with Gasteiger partial charge in [0.1, 0.15) is 0 Å². The highest BCUT2D eigenvalue weighted by atomic mass is 35.5. The molecule has 6 heteroatoms. The van der Waals surface area contributed by atoms with Gasteiger partial charge in [0.15, 0.2) is 0 Å². The number of aliphatic hydroxyl groups is 1. The molecule has 0 aliphatic carbocycles. The van der Waals surface area contributed by atoms with E-state index in [2.05, 4.69) is 0 Å². The van der Waals surface area contributed by atoms with E-state index in [1.165, 1.54) is 6.07 Å². The first kappa shape index (κ1) is 15.3. The predicted octanol–water partition coefficient (Wildman–Crippen LogP) is 3.38. The lowest BCUT2D eigenvalue weighted by Gasteiger charge is -2.30.